The van der Waals surface area contributed by atoms with Crippen molar-refractivity contribution in [2.45, 2.75) is 6.54 Å². The van der Waals surface area contributed by atoms with Crippen molar-refractivity contribution in [3.8, 4) is 22.3 Å². The van der Waals surface area contributed by atoms with Gasteiger partial charge in [0.15, 0.2) is 5.58 Å². The van der Waals surface area contributed by atoms with Crippen molar-refractivity contribution >= 4 is 78.0 Å². The van der Waals surface area contributed by atoms with Gasteiger partial charge in [0.05, 0.1) is 23.8 Å². The van der Waals surface area contributed by atoms with Crippen LogP contribution in [0.2, 0.25) is 0 Å². The minimum atomic E-state index is 0.686. The Balaban J connectivity index is 1.06. The summed E-state index contributed by atoms with van der Waals surface area (Å²) >= 11 is 0. The fraction of sp³-hybridized carbons (Fsp3) is 0.0217. The number of para-hydroxylation sites is 3. The Kier molecular flexibility index (Phi) is 6.21. The summed E-state index contributed by atoms with van der Waals surface area (Å²) in [6, 6.07) is 46.7. The zero-order valence-corrected chi connectivity index (χ0v) is 27.8. The molecule has 6 nitrogen and oxygen atoms in total. The predicted octanol–water partition coefficient (Wildman–Crippen LogP) is 12.5. The zero-order valence-electron chi connectivity index (χ0n) is 27.8. The van der Waals surface area contributed by atoms with Gasteiger partial charge in [-0.05, 0) is 71.9 Å². The van der Waals surface area contributed by atoms with Crippen LogP contribution in [0.15, 0.2) is 165 Å². The van der Waals surface area contributed by atoms with Crippen molar-refractivity contribution in [3.63, 3.8) is 0 Å². The van der Waals surface area contributed by atoms with Crippen molar-refractivity contribution < 1.29 is 13.3 Å². The second-order valence-electron chi connectivity index (χ2n) is 13.2. The van der Waals surface area contributed by atoms with Crippen LogP contribution in [0.4, 0.5) is 17.1 Å². The van der Waals surface area contributed by atoms with Gasteiger partial charge in [0.2, 0.25) is 0 Å². The number of anilines is 3. The molecule has 0 saturated heterocycles. The molecule has 4 aromatic heterocycles. The highest BCUT2D eigenvalue weighted by molar-refractivity contribution is 6.13. The molecular formula is C46H29N3O3. The Bertz CT molecular complexity index is 3020. The van der Waals surface area contributed by atoms with E-state index in [2.05, 4.69) is 130 Å². The van der Waals surface area contributed by atoms with Crippen molar-refractivity contribution in [2.24, 2.45) is 0 Å². The fourth-order valence-corrected chi connectivity index (χ4v) is 7.85. The van der Waals surface area contributed by atoms with Crippen molar-refractivity contribution in [3.05, 3.63) is 163 Å². The molecule has 0 saturated carbocycles. The molecule has 5 heterocycles. The number of furan rings is 3. The largest absolute Gasteiger partial charge is 0.458 e. The van der Waals surface area contributed by atoms with Gasteiger partial charge >= 0.3 is 0 Å². The molecule has 6 aromatic carbocycles. The molecule has 10 aromatic rings. The highest BCUT2D eigenvalue weighted by Gasteiger charge is 2.21. The van der Waals surface area contributed by atoms with E-state index < -0.39 is 0 Å². The minimum absolute atomic E-state index is 0.686. The lowest BCUT2D eigenvalue weighted by Crippen LogP contribution is -2.10. The molecule has 1 N–H and O–H groups in total. The molecule has 0 atom stereocenters. The second kappa shape index (κ2) is 11.2. The Labute approximate surface area is 297 Å². The van der Waals surface area contributed by atoms with E-state index in [0.717, 1.165) is 105 Å². The molecular weight excluding hydrogens is 643 g/mol. The molecule has 11 rings (SSSR count). The van der Waals surface area contributed by atoms with Gasteiger partial charge in [-0.1, -0.05) is 84.9 Å². The van der Waals surface area contributed by atoms with Crippen molar-refractivity contribution in [1.29, 1.82) is 0 Å². The van der Waals surface area contributed by atoms with E-state index in [4.69, 9.17) is 13.3 Å². The highest BCUT2D eigenvalue weighted by atomic mass is 16.3. The zero-order chi connectivity index (χ0) is 34.2. The molecule has 0 fully saturated rings. The summed E-state index contributed by atoms with van der Waals surface area (Å²) in [5.41, 5.74) is 12.8. The average molecular weight is 672 g/mol. The summed E-state index contributed by atoms with van der Waals surface area (Å²) in [6.45, 7) is 0.686. The molecule has 52 heavy (non-hydrogen) atoms. The Hall–Kier alpha value is -7.05. The molecule has 6 heteroatoms. The number of rotatable bonds is 5. The number of nitrogens with one attached hydrogen (secondary N) is 1. The SMILES string of the molecule is C1=Cc2c(oc3c(-c4ccc(N(c5ccc(-c6cccc7c6oc6cnccc67)cc5)c5cccc6oc7ccccc7c56)cc4)cccc23)CN1. The number of pyridine rings is 1. The first-order chi connectivity index (χ1) is 25.8. The minimum Gasteiger partial charge on any atom is -0.458 e. The molecule has 0 spiro atoms. The summed E-state index contributed by atoms with van der Waals surface area (Å²) in [5, 5.41) is 8.69. The third-order valence-electron chi connectivity index (χ3n) is 10.3. The quantitative estimate of drug-likeness (QED) is 0.196. The third kappa shape index (κ3) is 4.34. The standard InChI is InChI=1S/C46H29N3O3/c1-2-12-40-38(6-1)44-39(11-5-13-41(44)50-40)49(30-18-14-28(15-19-30)32-7-3-9-36-34-22-24-47-26-42(34)51-45(32)36)31-20-16-29(17-21-31)33-8-4-10-37-35-23-25-48-27-43(35)52-46(33)37/h1-26,48H,27H2. The number of benzene rings is 6. The van der Waals surface area contributed by atoms with E-state index in [-0.39, 0.29) is 0 Å². The van der Waals surface area contributed by atoms with Gasteiger partial charge in [-0.3, -0.25) is 4.98 Å². The second-order valence-corrected chi connectivity index (χ2v) is 13.2. The van der Waals surface area contributed by atoms with E-state index in [1.807, 2.05) is 36.7 Å². The summed E-state index contributed by atoms with van der Waals surface area (Å²) in [4.78, 5) is 6.58. The maximum Gasteiger partial charge on any atom is 0.153 e. The van der Waals surface area contributed by atoms with Crippen molar-refractivity contribution in [2.75, 3.05) is 4.90 Å². The smallest absolute Gasteiger partial charge is 0.153 e. The Morgan fingerprint density at radius 3 is 2.00 bits per heavy atom. The average Bonchev–Trinajstić information content (AvgIpc) is 3.90. The van der Waals surface area contributed by atoms with Gasteiger partial charge in [-0.15, -0.1) is 0 Å². The lowest BCUT2D eigenvalue weighted by atomic mass is 10.00. The summed E-state index contributed by atoms with van der Waals surface area (Å²) in [5.74, 6) is 0.963. The van der Waals surface area contributed by atoms with E-state index in [9.17, 15) is 0 Å². The molecule has 0 amide bonds. The lowest BCUT2D eigenvalue weighted by molar-refractivity contribution is 0.533. The van der Waals surface area contributed by atoms with Crippen LogP contribution < -0.4 is 10.2 Å². The fourth-order valence-electron chi connectivity index (χ4n) is 7.85. The Morgan fingerprint density at radius 1 is 0.538 bits per heavy atom. The first-order valence-electron chi connectivity index (χ1n) is 17.4. The third-order valence-corrected chi connectivity index (χ3v) is 10.3. The Morgan fingerprint density at radius 2 is 1.21 bits per heavy atom. The monoisotopic (exact) mass is 671 g/mol. The summed E-state index contributed by atoms with van der Waals surface area (Å²) in [7, 11) is 0. The van der Waals surface area contributed by atoms with Crippen LogP contribution in [0.5, 0.6) is 0 Å². The number of hydrogen-bond donors (Lipinski definition) is 1. The maximum atomic E-state index is 6.42. The van der Waals surface area contributed by atoms with Crippen LogP contribution in [0.1, 0.15) is 11.3 Å². The molecule has 0 unspecified atom stereocenters. The van der Waals surface area contributed by atoms with Gasteiger partial charge in [0.1, 0.15) is 28.1 Å². The van der Waals surface area contributed by atoms with Crippen LogP contribution in [0.25, 0.3) is 83.2 Å². The van der Waals surface area contributed by atoms with Crippen LogP contribution >= 0.6 is 0 Å². The number of nitrogens with zero attached hydrogens (tertiary/aromatic N) is 2. The van der Waals surface area contributed by atoms with E-state index in [1.54, 1.807) is 6.20 Å². The first-order valence-corrected chi connectivity index (χ1v) is 17.4. The van der Waals surface area contributed by atoms with E-state index >= 15 is 0 Å². The highest BCUT2D eigenvalue weighted by Crippen LogP contribution is 2.45. The number of fused-ring (bicyclic) bond motifs is 9. The van der Waals surface area contributed by atoms with E-state index in [0.29, 0.717) is 6.54 Å². The number of aromatic nitrogens is 1. The van der Waals surface area contributed by atoms with Gasteiger partial charge in [0, 0.05) is 55.8 Å². The molecule has 0 radical (unpaired) electrons. The normalized spacial score (nSPS) is 12.6. The number of hydrogen-bond acceptors (Lipinski definition) is 6. The van der Waals surface area contributed by atoms with Crippen LogP contribution in [0.3, 0.4) is 0 Å². The van der Waals surface area contributed by atoms with Crippen molar-refractivity contribution in [1.82, 2.24) is 10.3 Å². The van der Waals surface area contributed by atoms with Gasteiger partial charge < -0.3 is 23.5 Å². The molecule has 1 aliphatic heterocycles. The molecule has 246 valence electrons. The van der Waals surface area contributed by atoms with Gasteiger partial charge in [0.25, 0.3) is 0 Å². The maximum absolute atomic E-state index is 6.42. The predicted molar refractivity (Wildman–Crippen MR) is 210 cm³/mol. The van der Waals surface area contributed by atoms with Crippen LogP contribution in [0, 0.1) is 0 Å². The molecule has 1 aliphatic rings. The summed E-state index contributed by atoms with van der Waals surface area (Å²) < 4.78 is 19.1. The lowest BCUT2D eigenvalue weighted by Gasteiger charge is -2.26. The first kappa shape index (κ1) is 28.8. The van der Waals surface area contributed by atoms with E-state index in [1.165, 1.54) is 0 Å². The van der Waals surface area contributed by atoms with Gasteiger partial charge in [-0.25, -0.2) is 0 Å². The van der Waals surface area contributed by atoms with Gasteiger partial charge in [-0.2, -0.15) is 0 Å². The molecule has 0 aliphatic carbocycles. The van der Waals surface area contributed by atoms with Crippen LogP contribution in [-0.2, 0) is 6.54 Å². The molecule has 0 bridgehead atoms. The van der Waals surface area contributed by atoms with Crippen LogP contribution in [-0.4, -0.2) is 4.98 Å². The topological polar surface area (TPSA) is 67.6 Å². The summed E-state index contributed by atoms with van der Waals surface area (Å²) in [6.07, 6.45) is 7.67.